The first kappa shape index (κ1) is 27.1. The number of amides is 1. The number of nitrogens with zero attached hydrogens (tertiary/aromatic N) is 6. The van der Waals surface area contributed by atoms with Crippen molar-refractivity contribution < 1.29 is 9.53 Å². The minimum absolute atomic E-state index is 0.187. The number of hydrogen-bond donors (Lipinski definition) is 3. The second-order valence-corrected chi connectivity index (χ2v) is 10.1. The minimum atomic E-state index is -0.187. The van der Waals surface area contributed by atoms with Gasteiger partial charge in [0.2, 0.25) is 11.9 Å². The number of fused-ring (bicyclic) bond motifs is 1. The molecule has 4 aromatic rings. The summed E-state index contributed by atoms with van der Waals surface area (Å²) in [6.45, 7) is 4.53. The molecule has 1 fully saturated rings. The number of methoxy groups -OCH3 is 1. The molecular formula is C29H35N9O2. The van der Waals surface area contributed by atoms with Gasteiger partial charge < -0.3 is 30.1 Å². The highest BCUT2D eigenvalue weighted by atomic mass is 16.5. The Morgan fingerprint density at radius 3 is 2.70 bits per heavy atom. The van der Waals surface area contributed by atoms with Crippen LogP contribution in [-0.2, 0) is 4.79 Å². The second-order valence-electron chi connectivity index (χ2n) is 10.1. The van der Waals surface area contributed by atoms with Crippen molar-refractivity contribution in [1.29, 1.82) is 0 Å². The van der Waals surface area contributed by atoms with Crippen molar-refractivity contribution in [2.24, 2.45) is 0 Å². The van der Waals surface area contributed by atoms with Crippen molar-refractivity contribution in [3.63, 3.8) is 0 Å². The van der Waals surface area contributed by atoms with Crippen molar-refractivity contribution in [2.45, 2.75) is 0 Å². The van der Waals surface area contributed by atoms with Crippen LogP contribution in [0.3, 0.4) is 0 Å². The lowest BCUT2D eigenvalue weighted by atomic mass is 10.1. The highest BCUT2D eigenvalue weighted by Crippen LogP contribution is 2.34. The van der Waals surface area contributed by atoms with Crippen LogP contribution >= 0.6 is 0 Å². The molecule has 11 heteroatoms. The maximum atomic E-state index is 12.4. The van der Waals surface area contributed by atoms with Crippen LogP contribution < -0.4 is 20.3 Å². The summed E-state index contributed by atoms with van der Waals surface area (Å²) in [5, 5.41) is 14.2. The van der Waals surface area contributed by atoms with Crippen LogP contribution in [0.5, 0.6) is 5.75 Å². The van der Waals surface area contributed by atoms with E-state index in [1.807, 2.05) is 61.5 Å². The van der Waals surface area contributed by atoms with Gasteiger partial charge in [-0.05, 0) is 51.5 Å². The zero-order chi connectivity index (χ0) is 28.1. The standard InChI is InChI=1S/C29H35N9O2/c1-36(2)12-6-9-26(39)31-21-8-5-7-20(17-21)27-23-19-30-35-28(23)34-29(33-27)32-22-10-11-25(40-4)24(18-22)38-15-13-37(3)14-16-38/h5-11,17-19H,12-16H2,1-4H3,(H,31,39)(H2,30,32,33,34,35)/b9-6+. The van der Waals surface area contributed by atoms with Crippen molar-refractivity contribution >= 4 is 40.0 Å². The van der Waals surface area contributed by atoms with Gasteiger partial charge in [0, 0.05) is 55.7 Å². The summed E-state index contributed by atoms with van der Waals surface area (Å²) in [6.07, 6.45) is 5.08. The summed E-state index contributed by atoms with van der Waals surface area (Å²) < 4.78 is 5.66. The van der Waals surface area contributed by atoms with Crippen LogP contribution in [0, 0.1) is 0 Å². The molecule has 208 valence electrons. The van der Waals surface area contributed by atoms with E-state index in [2.05, 4.69) is 48.7 Å². The first-order valence-electron chi connectivity index (χ1n) is 13.2. The van der Waals surface area contributed by atoms with Crippen LogP contribution in [0.2, 0.25) is 0 Å². The summed E-state index contributed by atoms with van der Waals surface area (Å²) in [5.74, 6) is 1.08. The van der Waals surface area contributed by atoms with Gasteiger partial charge in [-0.1, -0.05) is 18.2 Å². The van der Waals surface area contributed by atoms with Gasteiger partial charge in [-0.2, -0.15) is 10.1 Å². The number of H-pyrrole nitrogens is 1. The van der Waals surface area contributed by atoms with Crippen LogP contribution in [0.15, 0.2) is 60.8 Å². The first-order valence-corrected chi connectivity index (χ1v) is 13.2. The van der Waals surface area contributed by atoms with Crippen LogP contribution in [0.1, 0.15) is 0 Å². The van der Waals surface area contributed by atoms with E-state index in [1.165, 1.54) is 0 Å². The Morgan fingerprint density at radius 1 is 1.10 bits per heavy atom. The third-order valence-corrected chi connectivity index (χ3v) is 6.73. The highest BCUT2D eigenvalue weighted by Gasteiger charge is 2.19. The molecule has 40 heavy (non-hydrogen) atoms. The summed E-state index contributed by atoms with van der Waals surface area (Å²) in [6, 6.07) is 13.6. The number of rotatable bonds is 9. The fraction of sp³-hybridized carbons (Fsp3) is 0.310. The predicted octanol–water partition coefficient (Wildman–Crippen LogP) is 3.58. The molecule has 3 heterocycles. The molecule has 0 spiro atoms. The number of nitrogens with one attached hydrogen (secondary N) is 3. The number of likely N-dealkylation sites (N-methyl/N-ethyl adjacent to an activating group) is 2. The molecular weight excluding hydrogens is 506 g/mol. The van der Waals surface area contributed by atoms with Crippen molar-refractivity contribution in [3.05, 3.63) is 60.8 Å². The molecule has 0 saturated carbocycles. The van der Waals surface area contributed by atoms with E-state index in [1.54, 1.807) is 19.4 Å². The van der Waals surface area contributed by atoms with Gasteiger partial charge in [-0.25, -0.2) is 4.98 Å². The van der Waals surface area contributed by atoms with Gasteiger partial charge in [0.15, 0.2) is 5.65 Å². The molecule has 2 aromatic carbocycles. The Balaban J connectivity index is 1.41. The number of aromatic amines is 1. The lowest BCUT2D eigenvalue weighted by Crippen LogP contribution is -2.44. The number of ether oxygens (including phenoxy) is 1. The number of carbonyl (C=O) groups is 1. The molecule has 0 radical (unpaired) electrons. The number of anilines is 4. The third kappa shape index (κ3) is 6.38. The summed E-state index contributed by atoms with van der Waals surface area (Å²) in [4.78, 5) is 28.5. The van der Waals surface area contributed by atoms with E-state index in [-0.39, 0.29) is 5.91 Å². The molecule has 2 aromatic heterocycles. The molecule has 5 rings (SSSR count). The topological polar surface area (TPSA) is 115 Å². The van der Waals surface area contributed by atoms with Gasteiger partial charge >= 0.3 is 0 Å². The molecule has 0 bridgehead atoms. The molecule has 11 nitrogen and oxygen atoms in total. The van der Waals surface area contributed by atoms with Crippen molar-refractivity contribution in [3.8, 4) is 17.0 Å². The molecule has 1 aliphatic heterocycles. The van der Waals surface area contributed by atoms with E-state index >= 15 is 0 Å². The van der Waals surface area contributed by atoms with E-state index in [4.69, 9.17) is 9.72 Å². The average Bonchev–Trinajstić information content (AvgIpc) is 3.42. The molecule has 0 unspecified atom stereocenters. The Kier molecular flexibility index (Phi) is 8.23. The normalized spacial score (nSPS) is 14.3. The predicted molar refractivity (Wildman–Crippen MR) is 159 cm³/mol. The van der Waals surface area contributed by atoms with E-state index < -0.39 is 0 Å². The zero-order valence-electron chi connectivity index (χ0n) is 23.3. The molecule has 1 saturated heterocycles. The Hall–Kier alpha value is -4.48. The van der Waals surface area contributed by atoms with E-state index in [9.17, 15) is 4.79 Å². The summed E-state index contributed by atoms with van der Waals surface area (Å²) in [7, 11) is 7.74. The van der Waals surface area contributed by atoms with Crippen LogP contribution in [0.25, 0.3) is 22.3 Å². The number of hydrogen-bond acceptors (Lipinski definition) is 9. The van der Waals surface area contributed by atoms with E-state index in [0.29, 0.717) is 29.5 Å². The van der Waals surface area contributed by atoms with Crippen molar-refractivity contribution in [2.75, 3.05) is 76.5 Å². The zero-order valence-corrected chi connectivity index (χ0v) is 23.3. The van der Waals surface area contributed by atoms with E-state index in [0.717, 1.165) is 54.3 Å². The van der Waals surface area contributed by atoms with Gasteiger partial charge in [0.1, 0.15) is 5.75 Å². The molecule has 1 amide bonds. The SMILES string of the molecule is COc1ccc(Nc2nc(-c3cccc(NC(=O)/C=C/CN(C)C)c3)c3cn[nH]c3n2)cc1N1CCN(C)CC1. The van der Waals surface area contributed by atoms with Crippen molar-refractivity contribution in [1.82, 2.24) is 30.0 Å². The Labute approximate surface area is 233 Å². The lowest BCUT2D eigenvalue weighted by molar-refractivity contribution is -0.111. The fourth-order valence-electron chi connectivity index (χ4n) is 4.60. The number of carbonyl (C=O) groups excluding carboxylic acids is 1. The second kappa shape index (κ2) is 12.1. The average molecular weight is 542 g/mol. The quantitative estimate of drug-likeness (QED) is 0.274. The van der Waals surface area contributed by atoms with Gasteiger partial charge in [-0.3, -0.25) is 9.89 Å². The molecule has 1 aliphatic rings. The molecule has 0 aliphatic carbocycles. The van der Waals surface area contributed by atoms with Gasteiger partial charge in [-0.15, -0.1) is 0 Å². The Morgan fingerprint density at radius 2 is 1.93 bits per heavy atom. The van der Waals surface area contributed by atoms with Gasteiger partial charge in [0.25, 0.3) is 0 Å². The summed E-state index contributed by atoms with van der Waals surface area (Å²) in [5.41, 5.74) is 4.71. The largest absolute Gasteiger partial charge is 0.495 e. The smallest absolute Gasteiger partial charge is 0.248 e. The Bertz CT molecular complexity index is 1510. The van der Waals surface area contributed by atoms with Crippen LogP contribution in [0.4, 0.5) is 23.0 Å². The van der Waals surface area contributed by atoms with Gasteiger partial charge in [0.05, 0.1) is 30.1 Å². The number of benzene rings is 2. The molecule has 0 atom stereocenters. The first-order chi connectivity index (χ1) is 19.4. The fourth-order valence-corrected chi connectivity index (χ4v) is 4.60. The van der Waals surface area contributed by atoms with Crippen LogP contribution in [-0.4, -0.2) is 96.8 Å². The minimum Gasteiger partial charge on any atom is -0.495 e. The number of piperazine rings is 1. The lowest BCUT2D eigenvalue weighted by Gasteiger charge is -2.34. The maximum absolute atomic E-state index is 12.4. The summed E-state index contributed by atoms with van der Waals surface area (Å²) >= 11 is 0. The molecule has 3 N–H and O–H groups in total. The maximum Gasteiger partial charge on any atom is 0.248 e. The third-order valence-electron chi connectivity index (χ3n) is 6.73. The highest BCUT2D eigenvalue weighted by molar-refractivity contribution is 6.00. The number of aromatic nitrogens is 4. The monoisotopic (exact) mass is 541 g/mol.